The zero-order valence-electron chi connectivity index (χ0n) is 13.4. The van der Waals surface area contributed by atoms with E-state index < -0.39 is 0 Å². The molecule has 4 nitrogen and oxygen atoms in total. The number of benzene rings is 1. The average Bonchev–Trinajstić information content (AvgIpc) is 3.10. The molecule has 0 aliphatic carbocycles. The van der Waals surface area contributed by atoms with Crippen LogP contribution in [-0.2, 0) is 13.0 Å². The van der Waals surface area contributed by atoms with Gasteiger partial charge in [-0.3, -0.25) is 4.90 Å². The molecule has 4 rings (SSSR count). The zero-order chi connectivity index (χ0) is 15.5. The highest BCUT2D eigenvalue weighted by Gasteiger charge is 2.25. The van der Waals surface area contributed by atoms with Gasteiger partial charge in [-0.15, -0.1) is 0 Å². The van der Waals surface area contributed by atoms with Crippen molar-refractivity contribution in [2.24, 2.45) is 0 Å². The number of nitrogens with one attached hydrogen (secondary N) is 1. The summed E-state index contributed by atoms with van der Waals surface area (Å²) in [5, 5.41) is 3.80. The zero-order valence-corrected chi connectivity index (χ0v) is 13.4. The van der Waals surface area contributed by atoms with Crippen molar-refractivity contribution in [1.82, 2.24) is 10.2 Å². The average molecular weight is 312 g/mol. The van der Waals surface area contributed by atoms with E-state index in [-0.39, 0.29) is 0 Å². The third kappa shape index (κ3) is 3.59. The van der Waals surface area contributed by atoms with Gasteiger partial charge in [0.1, 0.15) is 18.1 Å². The summed E-state index contributed by atoms with van der Waals surface area (Å²) in [5.41, 5.74) is 1.33. The monoisotopic (exact) mass is 312 g/mol. The molecule has 0 radical (unpaired) electrons. The van der Waals surface area contributed by atoms with Crippen molar-refractivity contribution in [2.45, 2.75) is 37.9 Å². The Hall–Kier alpha value is -1.78. The second-order valence-corrected chi connectivity index (χ2v) is 6.62. The van der Waals surface area contributed by atoms with E-state index in [9.17, 15) is 0 Å². The van der Waals surface area contributed by atoms with Crippen LogP contribution < -0.4 is 10.1 Å². The molecule has 2 aliphatic rings. The molecule has 0 unspecified atom stereocenters. The van der Waals surface area contributed by atoms with Gasteiger partial charge in [0.15, 0.2) is 0 Å². The van der Waals surface area contributed by atoms with Gasteiger partial charge in [0.2, 0.25) is 0 Å². The largest absolute Gasteiger partial charge is 0.492 e. The Labute approximate surface area is 137 Å². The number of likely N-dealkylation sites (tertiary alicyclic amines) is 1. The quantitative estimate of drug-likeness (QED) is 0.942. The molecule has 1 atom stereocenters. The molecule has 0 bridgehead atoms. The smallest absolute Gasteiger partial charge is 0.122 e. The van der Waals surface area contributed by atoms with Crippen molar-refractivity contribution < 1.29 is 9.15 Å². The third-order valence-corrected chi connectivity index (χ3v) is 4.90. The van der Waals surface area contributed by atoms with Crippen LogP contribution in [0.15, 0.2) is 47.1 Å². The molecule has 1 aromatic heterocycles. The summed E-state index contributed by atoms with van der Waals surface area (Å²) < 4.78 is 11.3. The first-order valence-electron chi connectivity index (χ1n) is 8.58. The molecular formula is C19H24N2O2. The van der Waals surface area contributed by atoms with Crippen LogP contribution in [0.3, 0.4) is 0 Å². The predicted molar refractivity (Wildman–Crippen MR) is 89.6 cm³/mol. The van der Waals surface area contributed by atoms with E-state index >= 15 is 0 Å². The van der Waals surface area contributed by atoms with Gasteiger partial charge in [-0.1, -0.05) is 18.2 Å². The van der Waals surface area contributed by atoms with Gasteiger partial charge in [-0.25, -0.2) is 0 Å². The Morgan fingerprint density at radius 1 is 1.04 bits per heavy atom. The molecule has 4 heteroatoms. The van der Waals surface area contributed by atoms with E-state index in [1.807, 2.05) is 12.1 Å². The van der Waals surface area contributed by atoms with E-state index in [1.54, 1.807) is 6.26 Å². The first kappa shape index (κ1) is 14.8. The molecule has 122 valence electrons. The van der Waals surface area contributed by atoms with E-state index in [1.165, 1.54) is 18.4 Å². The highest BCUT2D eigenvalue weighted by Crippen LogP contribution is 2.24. The Kier molecular flexibility index (Phi) is 4.35. The Morgan fingerprint density at radius 2 is 1.91 bits per heavy atom. The summed E-state index contributed by atoms with van der Waals surface area (Å²) in [6.07, 6.45) is 5.21. The lowest BCUT2D eigenvalue weighted by molar-refractivity contribution is 0.158. The number of nitrogens with zero attached hydrogens (tertiary/aromatic N) is 1. The van der Waals surface area contributed by atoms with Crippen LogP contribution in [0.5, 0.6) is 5.75 Å². The molecule has 23 heavy (non-hydrogen) atoms. The highest BCUT2D eigenvalue weighted by molar-refractivity contribution is 5.35. The Bertz CT molecular complexity index is 618. The molecular weight excluding hydrogens is 288 g/mol. The summed E-state index contributed by atoms with van der Waals surface area (Å²) in [5.74, 6) is 2.12. The van der Waals surface area contributed by atoms with Crippen molar-refractivity contribution >= 4 is 0 Å². The van der Waals surface area contributed by atoms with Crippen LogP contribution in [0.1, 0.15) is 24.2 Å². The molecule has 1 aromatic carbocycles. The fourth-order valence-electron chi connectivity index (χ4n) is 3.65. The lowest BCUT2D eigenvalue weighted by atomic mass is 9.99. The maximum absolute atomic E-state index is 5.88. The standard InChI is InChI=1S/C19H24N2O2/c1-2-6-19-15(4-1)12-17(14-23-19)20-16-7-9-21(10-8-16)13-18-5-3-11-22-18/h1-6,11,16-17,20H,7-10,12-14H2/t17-/m1/s1. The normalized spacial score (nSPS) is 22.5. The number of hydrogen-bond acceptors (Lipinski definition) is 4. The van der Waals surface area contributed by atoms with Gasteiger partial charge < -0.3 is 14.5 Å². The summed E-state index contributed by atoms with van der Waals surface area (Å²) in [6, 6.07) is 13.4. The van der Waals surface area contributed by atoms with Crippen LogP contribution in [0.4, 0.5) is 0 Å². The number of rotatable bonds is 4. The van der Waals surface area contributed by atoms with Crippen LogP contribution in [0.25, 0.3) is 0 Å². The molecule has 3 heterocycles. The Balaban J connectivity index is 1.25. The molecule has 2 aliphatic heterocycles. The topological polar surface area (TPSA) is 37.6 Å². The number of ether oxygens (including phenoxy) is 1. The fraction of sp³-hybridized carbons (Fsp3) is 0.474. The predicted octanol–water partition coefficient (Wildman–Crippen LogP) is 2.84. The van der Waals surface area contributed by atoms with Gasteiger partial charge >= 0.3 is 0 Å². The van der Waals surface area contributed by atoms with Crippen molar-refractivity contribution in [3.8, 4) is 5.75 Å². The number of para-hydroxylation sites is 1. The van der Waals surface area contributed by atoms with Gasteiger partial charge in [0, 0.05) is 25.2 Å². The lowest BCUT2D eigenvalue weighted by Crippen LogP contribution is -2.49. The number of furan rings is 1. The van der Waals surface area contributed by atoms with E-state index in [0.29, 0.717) is 12.1 Å². The first-order valence-corrected chi connectivity index (χ1v) is 8.58. The van der Waals surface area contributed by atoms with E-state index in [4.69, 9.17) is 9.15 Å². The molecule has 1 fully saturated rings. The van der Waals surface area contributed by atoms with Crippen LogP contribution in [0.2, 0.25) is 0 Å². The van der Waals surface area contributed by atoms with Crippen molar-refractivity contribution in [3.05, 3.63) is 54.0 Å². The molecule has 2 aromatic rings. The molecule has 0 amide bonds. The van der Waals surface area contributed by atoms with Crippen molar-refractivity contribution in [3.63, 3.8) is 0 Å². The van der Waals surface area contributed by atoms with E-state index in [2.05, 4.69) is 34.5 Å². The number of fused-ring (bicyclic) bond motifs is 1. The minimum Gasteiger partial charge on any atom is -0.492 e. The molecule has 1 N–H and O–H groups in total. The second kappa shape index (κ2) is 6.77. The summed E-state index contributed by atoms with van der Waals surface area (Å²) in [4.78, 5) is 2.48. The number of hydrogen-bond donors (Lipinski definition) is 1. The summed E-state index contributed by atoms with van der Waals surface area (Å²) >= 11 is 0. The minimum absolute atomic E-state index is 0.437. The second-order valence-electron chi connectivity index (χ2n) is 6.62. The Morgan fingerprint density at radius 3 is 2.74 bits per heavy atom. The molecule has 1 saturated heterocycles. The number of piperidine rings is 1. The maximum atomic E-state index is 5.88. The highest BCUT2D eigenvalue weighted by atomic mass is 16.5. The van der Waals surface area contributed by atoms with Crippen LogP contribution >= 0.6 is 0 Å². The fourth-order valence-corrected chi connectivity index (χ4v) is 3.65. The minimum atomic E-state index is 0.437. The van der Waals surface area contributed by atoms with Gasteiger partial charge in [-0.05, 0) is 43.0 Å². The van der Waals surface area contributed by atoms with Crippen molar-refractivity contribution in [2.75, 3.05) is 19.7 Å². The summed E-state index contributed by atoms with van der Waals surface area (Å²) in [7, 11) is 0. The van der Waals surface area contributed by atoms with Gasteiger partial charge in [0.25, 0.3) is 0 Å². The lowest BCUT2D eigenvalue weighted by Gasteiger charge is -2.35. The third-order valence-electron chi connectivity index (χ3n) is 4.90. The first-order chi connectivity index (χ1) is 11.4. The molecule has 0 saturated carbocycles. The maximum Gasteiger partial charge on any atom is 0.122 e. The van der Waals surface area contributed by atoms with Crippen LogP contribution in [0, 0.1) is 0 Å². The molecule has 0 spiro atoms. The van der Waals surface area contributed by atoms with E-state index in [0.717, 1.165) is 44.2 Å². The summed E-state index contributed by atoms with van der Waals surface area (Å²) in [6.45, 7) is 3.97. The SMILES string of the molecule is c1coc(CN2CCC(N[C@H]3COc4ccccc4C3)CC2)c1. The van der Waals surface area contributed by atoms with Crippen molar-refractivity contribution in [1.29, 1.82) is 0 Å². The van der Waals surface area contributed by atoms with Gasteiger partial charge in [0.05, 0.1) is 12.8 Å². The van der Waals surface area contributed by atoms with Crippen LogP contribution in [-0.4, -0.2) is 36.7 Å². The van der Waals surface area contributed by atoms with Gasteiger partial charge in [-0.2, -0.15) is 0 Å².